The molecular formula is C16H27N3O. The predicted octanol–water partition coefficient (Wildman–Crippen LogP) is 2.05. The van der Waals surface area contributed by atoms with Crippen LogP contribution in [0.1, 0.15) is 33.3 Å². The molecule has 0 bridgehead atoms. The van der Waals surface area contributed by atoms with Crippen molar-refractivity contribution in [3.8, 4) is 0 Å². The van der Waals surface area contributed by atoms with Crippen molar-refractivity contribution in [3.63, 3.8) is 0 Å². The molecule has 0 aliphatic rings. The van der Waals surface area contributed by atoms with Crippen molar-refractivity contribution in [2.75, 3.05) is 18.8 Å². The maximum Gasteiger partial charge on any atom is 0.224 e. The molecular weight excluding hydrogens is 250 g/mol. The van der Waals surface area contributed by atoms with E-state index < -0.39 is 0 Å². The number of benzene rings is 1. The molecule has 0 heterocycles. The van der Waals surface area contributed by atoms with Gasteiger partial charge < -0.3 is 11.1 Å². The second kappa shape index (κ2) is 7.90. The van der Waals surface area contributed by atoms with Crippen molar-refractivity contribution in [2.45, 2.75) is 46.2 Å². The zero-order valence-corrected chi connectivity index (χ0v) is 13.0. The highest BCUT2D eigenvalue weighted by Gasteiger charge is 2.13. The van der Waals surface area contributed by atoms with E-state index in [2.05, 4.69) is 37.9 Å². The lowest BCUT2D eigenvalue weighted by Gasteiger charge is -2.30. The molecule has 0 saturated carbocycles. The van der Waals surface area contributed by atoms with E-state index >= 15 is 0 Å². The van der Waals surface area contributed by atoms with Crippen LogP contribution in [-0.2, 0) is 11.2 Å². The standard InChI is InChI=1S/C16H27N3O/c1-12(2)19(13(3)4)10-9-18-16(20)11-14-5-7-15(17)8-6-14/h5-8,12-13H,9-11,17H2,1-4H3,(H,18,20). The molecule has 20 heavy (non-hydrogen) atoms. The number of amides is 1. The number of anilines is 1. The minimum absolute atomic E-state index is 0.0576. The van der Waals surface area contributed by atoms with E-state index in [1.54, 1.807) is 0 Å². The van der Waals surface area contributed by atoms with Crippen molar-refractivity contribution in [1.82, 2.24) is 10.2 Å². The van der Waals surface area contributed by atoms with Crippen molar-refractivity contribution in [3.05, 3.63) is 29.8 Å². The van der Waals surface area contributed by atoms with Crippen LogP contribution in [0, 0.1) is 0 Å². The lowest BCUT2D eigenvalue weighted by Crippen LogP contribution is -2.42. The van der Waals surface area contributed by atoms with Gasteiger partial charge in [0.15, 0.2) is 0 Å². The third kappa shape index (κ3) is 5.61. The van der Waals surface area contributed by atoms with Crippen LogP contribution in [0.2, 0.25) is 0 Å². The van der Waals surface area contributed by atoms with Gasteiger partial charge in [-0.3, -0.25) is 9.69 Å². The summed E-state index contributed by atoms with van der Waals surface area (Å²) in [6.45, 7) is 10.3. The van der Waals surface area contributed by atoms with Gasteiger partial charge in [-0.05, 0) is 45.4 Å². The summed E-state index contributed by atoms with van der Waals surface area (Å²) in [5, 5.41) is 2.97. The lowest BCUT2D eigenvalue weighted by atomic mass is 10.1. The topological polar surface area (TPSA) is 58.4 Å². The first-order valence-corrected chi connectivity index (χ1v) is 7.27. The Morgan fingerprint density at radius 3 is 2.20 bits per heavy atom. The molecule has 0 radical (unpaired) electrons. The molecule has 0 spiro atoms. The molecule has 0 aliphatic heterocycles. The van der Waals surface area contributed by atoms with E-state index in [1.165, 1.54) is 0 Å². The van der Waals surface area contributed by atoms with Gasteiger partial charge in [-0.25, -0.2) is 0 Å². The Balaban J connectivity index is 2.34. The minimum atomic E-state index is 0.0576. The van der Waals surface area contributed by atoms with Crippen molar-refractivity contribution in [2.24, 2.45) is 0 Å². The zero-order chi connectivity index (χ0) is 15.1. The fourth-order valence-electron chi connectivity index (χ4n) is 2.32. The Bertz CT molecular complexity index is 404. The second-order valence-electron chi connectivity index (χ2n) is 5.69. The molecule has 0 saturated heterocycles. The van der Waals surface area contributed by atoms with Crippen LogP contribution in [0.3, 0.4) is 0 Å². The quantitative estimate of drug-likeness (QED) is 0.750. The van der Waals surface area contributed by atoms with Gasteiger partial charge in [-0.2, -0.15) is 0 Å². The number of rotatable bonds is 7. The number of carbonyl (C=O) groups excluding carboxylic acids is 1. The van der Waals surface area contributed by atoms with Crippen LogP contribution >= 0.6 is 0 Å². The summed E-state index contributed by atoms with van der Waals surface area (Å²) in [7, 11) is 0. The van der Waals surface area contributed by atoms with E-state index in [1.807, 2.05) is 24.3 Å². The van der Waals surface area contributed by atoms with Gasteiger partial charge in [0.2, 0.25) is 5.91 Å². The fraction of sp³-hybridized carbons (Fsp3) is 0.562. The number of nitrogen functional groups attached to an aromatic ring is 1. The third-order valence-corrected chi connectivity index (χ3v) is 3.36. The molecule has 0 aromatic heterocycles. The molecule has 1 rings (SSSR count). The molecule has 0 fully saturated rings. The summed E-state index contributed by atoms with van der Waals surface area (Å²) >= 11 is 0. The average Bonchev–Trinajstić information content (AvgIpc) is 2.36. The van der Waals surface area contributed by atoms with E-state index in [0.717, 1.165) is 17.8 Å². The molecule has 1 aromatic rings. The van der Waals surface area contributed by atoms with E-state index in [9.17, 15) is 4.79 Å². The molecule has 1 aromatic carbocycles. The van der Waals surface area contributed by atoms with Gasteiger partial charge in [-0.1, -0.05) is 12.1 Å². The number of nitrogens with one attached hydrogen (secondary N) is 1. The molecule has 0 unspecified atom stereocenters. The summed E-state index contributed by atoms with van der Waals surface area (Å²) in [6, 6.07) is 8.41. The van der Waals surface area contributed by atoms with E-state index in [-0.39, 0.29) is 5.91 Å². The highest BCUT2D eigenvalue weighted by atomic mass is 16.1. The summed E-state index contributed by atoms with van der Waals surface area (Å²) in [6.07, 6.45) is 0.406. The van der Waals surface area contributed by atoms with E-state index in [0.29, 0.717) is 25.0 Å². The maximum absolute atomic E-state index is 11.9. The van der Waals surface area contributed by atoms with Gasteiger partial charge in [0.1, 0.15) is 0 Å². The number of hydrogen-bond acceptors (Lipinski definition) is 3. The molecule has 4 nitrogen and oxygen atoms in total. The van der Waals surface area contributed by atoms with Gasteiger partial charge in [-0.15, -0.1) is 0 Å². The SMILES string of the molecule is CC(C)N(CCNC(=O)Cc1ccc(N)cc1)C(C)C. The summed E-state index contributed by atoms with van der Waals surface area (Å²) < 4.78 is 0. The predicted molar refractivity (Wildman–Crippen MR) is 84.5 cm³/mol. The Morgan fingerprint density at radius 1 is 1.15 bits per heavy atom. The third-order valence-electron chi connectivity index (χ3n) is 3.36. The summed E-state index contributed by atoms with van der Waals surface area (Å²) in [5.74, 6) is 0.0576. The number of nitrogens with zero attached hydrogens (tertiary/aromatic N) is 1. The average molecular weight is 277 g/mol. The van der Waals surface area contributed by atoms with Gasteiger partial charge in [0, 0.05) is 30.9 Å². The van der Waals surface area contributed by atoms with Gasteiger partial charge >= 0.3 is 0 Å². The Morgan fingerprint density at radius 2 is 1.70 bits per heavy atom. The highest BCUT2D eigenvalue weighted by Crippen LogP contribution is 2.06. The molecule has 0 atom stereocenters. The largest absolute Gasteiger partial charge is 0.399 e. The van der Waals surface area contributed by atoms with E-state index in [4.69, 9.17) is 5.73 Å². The van der Waals surface area contributed by atoms with Crippen LogP contribution in [-0.4, -0.2) is 36.0 Å². The van der Waals surface area contributed by atoms with Gasteiger partial charge in [0.25, 0.3) is 0 Å². The minimum Gasteiger partial charge on any atom is -0.399 e. The molecule has 4 heteroatoms. The highest BCUT2D eigenvalue weighted by molar-refractivity contribution is 5.78. The Kier molecular flexibility index (Phi) is 6.52. The van der Waals surface area contributed by atoms with Crippen LogP contribution in [0.15, 0.2) is 24.3 Å². The fourth-order valence-corrected chi connectivity index (χ4v) is 2.32. The molecule has 1 amide bonds. The van der Waals surface area contributed by atoms with Crippen LogP contribution in [0.4, 0.5) is 5.69 Å². The Labute approximate surface area is 122 Å². The first-order valence-electron chi connectivity index (χ1n) is 7.27. The smallest absolute Gasteiger partial charge is 0.224 e. The molecule has 112 valence electrons. The normalized spacial score (nSPS) is 11.3. The first kappa shape index (κ1) is 16.5. The van der Waals surface area contributed by atoms with Gasteiger partial charge in [0.05, 0.1) is 6.42 Å². The van der Waals surface area contributed by atoms with Crippen molar-refractivity contribution < 1.29 is 4.79 Å². The van der Waals surface area contributed by atoms with Crippen molar-refractivity contribution >= 4 is 11.6 Å². The number of carbonyl (C=O) groups is 1. The molecule has 3 N–H and O–H groups in total. The van der Waals surface area contributed by atoms with Crippen LogP contribution < -0.4 is 11.1 Å². The second-order valence-corrected chi connectivity index (χ2v) is 5.69. The molecule has 0 aliphatic carbocycles. The lowest BCUT2D eigenvalue weighted by molar-refractivity contribution is -0.120. The Hall–Kier alpha value is -1.55. The summed E-state index contributed by atoms with van der Waals surface area (Å²) in [4.78, 5) is 14.2. The summed E-state index contributed by atoms with van der Waals surface area (Å²) in [5.41, 5.74) is 7.33. The zero-order valence-electron chi connectivity index (χ0n) is 13.0. The number of hydrogen-bond donors (Lipinski definition) is 2. The van der Waals surface area contributed by atoms with Crippen LogP contribution in [0.25, 0.3) is 0 Å². The van der Waals surface area contributed by atoms with Crippen molar-refractivity contribution in [1.29, 1.82) is 0 Å². The number of nitrogens with two attached hydrogens (primary N) is 1. The first-order chi connectivity index (χ1) is 9.40. The van der Waals surface area contributed by atoms with Crippen LogP contribution in [0.5, 0.6) is 0 Å². The monoisotopic (exact) mass is 277 g/mol. The maximum atomic E-state index is 11.9.